The van der Waals surface area contributed by atoms with Gasteiger partial charge in [0.2, 0.25) is 11.9 Å². The summed E-state index contributed by atoms with van der Waals surface area (Å²) in [5.41, 5.74) is 2.02. The SMILES string of the molecule is C.Cc1ccc2nc(NC(=O)CC3CC(F)(F)C3(F)F)n(C3CCC3)c2n1. The zero-order chi connectivity index (χ0) is 18.7. The molecule has 5 nitrogen and oxygen atoms in total. The van der Waals surface area contributed by atoms with E-state index in [2.05, 4.69) is 15.3 Å². The number of carbonyl (C=O) groups is 1. The third kappa shape index (κ3) is 3.06. The summed E-state index contributed by atoms with van der Waals surface area (Å²) in [6.07, 6.45) is 1.23. The molecule has 27 heavy (non-hydrogen) atoms. The predicted molar refractivity (Wildman–Crippen MR) is 93.1 cm³/mol. The van der Waals surface area contributed by atoms with E-state index in [0.29, 0.717) is 11.2 Å². The molecule has 1 unspecified atom stereocenters. The Morgan fingerprint density at radius 2 is 1.96 bits per heavy atom. The first-order valence-electron chi connectivity index (χ1n) is 8.60. The van der Waals surface area contributed by atoms with Crippen molar-refractivity contribution in [1.82, 2.24) is 14.5 Å². The number of carbonyl (C=O) groups excluding carboxylic acids is 1. The van der Waals surface area contributed by atoms with Crippen LogP contribution < -0.4 is 5.32 Å². The van der Waals surface area contributed by atoms with Crippen LogP contribution in [0.15, 0.2) is 12.1 Å². The zero-order valence-corrected chi connectivity index (χ0v) is 14.1. The number of fused-ring (bicyclic) bond motifs is 1. The maximum atomic E-state index is 13.4. The van der Waals surface area contributed by atoms with Crippen LogP contribution in [0.5, 0.6) is 0 Å². The zero-order valence-electron chi connectivity index (χ0n) is 14.1. The van der Waals surface area contributed by atoms with Crippen LogP contribution in [0.3, 0.4) is 0 Å². The van der Waals surface area contributed by atoms with Crippen LogP contribution in [0.2, 0.25) is 0 Å². The van der Waals surface area contributed by atoms with Gasteiger partial charge in [0.05, 0.1) is 0 Å². The molecule has 1 N–H and O–H groups in total. The van der Waals surface area contributed by atoms with Crippen molar-refractivity contribution in [2.75, 3.05) is 5.32 Å². The summed E-state index contributed by atoms with van der Waals surface area (Å²) in [5.74, 6) is -10.3. The number of imidazole rings is 1. The van der Waals surface area contributed by atoms with Gasteiger partial charge in [-0.05, 0) is 38.3 Å². The van der Waals surface area contributed by atoms with E-state index in [0.717, 1.165) is 25.0 Å². The van der Waals surface area contributed by atoms with Crippen molar-refractivity contribution in [1.29, 1.82) is 0 Å². The van der Waals surface area contributed by atoms with Crippen molar-refractivity contribution in [2.24, 2.45) is 5.92 Å². The second-order valence-electron chi connectivity index (χ2n) is 7.17. The number of nitrogens with one attached hydrogen (secondary N) is 1. The standard InChI is InChI=1S/C17H18F4N4O.CH4/c1-9-5-6-12-14(22-9)25(11-3-2-4-11)15(23-12)24-13(26)7-10-8-16(18,19)17(10,20)21;/h5-6,10-11H,2-4,7-8H2,1H3,(H,23,24,26);1H4. The van der Waals surface area contributed by atoms with Crippen molar-refractivity contribution in [3.8, 4) is 0 Å². The highest BCUT2D eigenvalue weighted by atomic mass is 19.3. The third-order valence-corrected chi connectivity index (χ3v) is 5.30. The normalized spacial score (nSPS) is 23.2. The molecule has 2 aliphatic rings. The lowest BCUT2D eigenvalue weighted by molar-refractivity contribution is -0.313. The van der Waals surface area contributed by atoms with Gasteiger partial charge in [-0.3, -0.25) is 14.7 Å². The molecule has 148 valence electrons. The molecule has 1 atom stereocenters. The van der Waals surface area contributed by atoms with Crippen molar-refractivity contribution in [3.63, 3.8) is 0 Å². The van der Waals surface area contributed by atoms with Gasteiger partial charge in [-0.15, -0.1) is 0 Å². The van der Waals surface area contributed by atoms with Crippen LogP contribution >= 0.6 is 0 Å². The number of halogens is 4. The van der Waals surface area contributed by atoms with Gasteiger partial charge in [-0.1, -0.05) is 7.43 Å². The number of nitrogens with zero attached hydrogens (tertiary/aromatic N) is 3. The van der Waals surface area contributed by atoms with Gasteiger partial charge in [0.15, 0.2) is 5.65 Å². The summed E-state index contributed by atoms with van der Waals surface area (Å²) < 4.78 is 54.5. The number of rotatable bonds is 4. The van der Waals surface area contributed by atoms with Crippen LogP contribution in [-0.2, 0) is 4.79 Å². The Kier molecular flexibility index (Phi) is 4.68. The van der Waals surface area contributed by atoms with E-state index in [1.807, 2.05) is 11.5 Å². The molecule has 2 aliphatic carbocycles. The fourth-order valence-electron chi connectivity index (χ4n) is 3.49. The maximum Gasteiger partial charge on any atom is 0.313 e. The smallest absolute Gasteiger partial charge is 0.296 e. The number of aromatic nitrogens is 3. The van der Waals surface area contributed by atoms with Gasteiger partial charge in [0, 0.05) is 30.5 Å². The Labute approximate surface area is 154 Å². The minimum atomic E-state index is -4.14. The molecule has 2 fully saturated rings. The monoisotopic (exact) mass is 386 g/mol. The second-order valence-corrected chi connectivity index (χ2v) is 7.17. The lowest BCUT2D eigenvalue weighted by Crippen LogP contribution is -2.59. The molecule has 2 saturated carbocycles. The van der Waals surface area contributed by atoms with Crippen molar-refractivity contribution >= 4 is 23.0 Å². The molecule has 0 aliphatic heterocycles. The summed E-state index contributed by atoms with van der Waals surface area (Å²) in [6, 6.07) is 3.71. The summed E-state index contributed by atoms with van der Waals surface area (Å²) >= 11 is 0. The molecule has 9 heteroatoms. The minimum absolute atomic E-state index is 0. The fourth-order valence-corrected chi connectivity index (χ4v) is 3.49. The largest absolute Gasteiger partial charge is 0.313 e. The van der Waals surface area contributed by atoms with Crippen molar-refractivity contribution in [2.45, 2.75) is 64.3 Å². The molecule has 0 spiro atoms. The maximum absolute atomic E-state index is 13.4. The van der Waals surface area contributed by atoms with E-state index in [-0.39, 0.29) is 19.4 Å². The van der Waals surface area contributed by atoms with Gasteiger partial charge in [-0.25, -0.2) is 9.97 Å². The molecule has 1 amide bonds. The molecule has 2 aromatic rings. The molecule has 0 bridgehead atoms. The van der Waals surface area contributed by atoms with Crippen LogP contribution in [0.1, 0.15) is 51.3 Å². The van der Waals surface area contributed by atoms with E-state index in [1.165, 1.54) is 0 Å². The summed E-state index contributed by atoms with van der Waals surface area (Å²) in [5, 5.41) is 2.53. The Balaban J connectivity index is 0.00000210. The van der Waals surface area contributed by atoms with Gasteiger partial charge in [0.1, 0.15) is 5.52 Å². The van der Waals surface area contributed by atoms with Crippen LogP contribution in [0, 0.1) is 12.8 Å². The molecular formula is C18H22F4N4O. The van der Waals surface area contributed by atoms with E-state index in [4.69, 9.17) is 0 Å². The Bertz CT molecular complexity index is 876. The molecular weight excluding hydrogens is 364 g/mol. The average molecular weight is 386 g/mol. The molecule has 4 rings (SSSR count). The second kappa shape index (κ2) is 6.45. The highest BCUT2D eigenvalue weighted by Crippen LogP contribution is 2.56. The minimum Gasteiger partial charge on any atom is -0.296 e. The Morgan fingerprint density at radius 3 is 2.52 bits per heavy atom. The lowest BCUT2D eigenvalue weighted by Gasteiger charge is -2.43. The first-order valence-corrected chi connectivity index (χ1v) is 8.60. The van der Waals surface area contributed by atoms with Crippen LogP contribution in [0.25, 0.3) is 11.2 Å². The first-order chi connectivity index (χ1) is 12.2. The molecule has 0 aromatic carbocycles. The van der Waals surface area contributed by atoms with E-state index < -0.39 is 36.5 Å². The van der Waals surface area contributed by atoms with Gasteiger partial charge < -0.3 is 0 Å². The first kappa shape index (κ1) is 19.6. The molecule has 0 saturated heterocycles. The fraction of sp³-hybridized carbons (Fsp3) is 0.611. The van der Waals surface area contributed by atoms with Gasteiger partial charge in [-0.2, -0.15) is 17.6 Å². The highest BCUT2D eigenvalue weighted by molar-refractivity contribution is 5.91. The van der Waals surface area contributed by atoms with Crippen LogP contribution in [-0.4, -0.2) is 32.3 Å². The molecule has 2 heterocycles. The Morgan fingerprint density at radius 1 is 1.26 bits per heavy atom. The lowest BCUT2D eigenvalue weighted by atomic mass is 9.74. The van der Waals surface area contributed by atoms with Crippen molar-refractivity contribution in [3.05, 3.63) is 17.8 Å². The quantitative estimate of drug-likeness (QED) is 0.774. The molecule has 0 radical (unpaired) electrons. The summed E-state index contributed by atoms with van der Waals surface area (Å²) in [7, 11) is 0. The summed E-state index contributed by atoms with van der Waals surface area (Å²) in [4.78, 5) is 21.0. The number of alkyl halides is 4. The average Bonchev–Trinajstić information content (AvgIpc) is 2.82. The Hall–Kier alpha value is -2.19. The molecule has 2 aromatic heterocycles. The van der Waals surface area contributed by atoms with E-state index in [9.17, 15) is 22.4 Å². The number of amides is 1. The van der Waals surface area contributed by atoms with E-state index >= 15 is 0 Å². The predicted octanol–water partition coefficient (Wildman–Crippen LogP) is 4.72. The number of hydrogen-bond acceptors (Lipinski definition) is 3. The van der Waals surface area contributed by atoms with Crippen LogP contribution in [0.4, 0.5) is 23.5 Å². The van der Waals surface area contributed by atoms with Gasteiger partial charge in [0.25, 0.3) is 0 Å². The van der Waals surface area contributed by atoms with Gasteiger partial charge >= 0.3 is 11.8 Å². The highest BCUT2D eigenvalue weighted by Gasteiger charge is 2.71. The third-order valence-electron chi connectivity index (χ3n) is 5.30. The number of anilines is 1. The summed E-state index contributed by atoms with van der Waals surface area (Å²) in [6.45, 7) is 1.84. The van der Waals surface area contributed by atoms with E-state index in [1.54, 1.807) is 12.1 Å². The van der Waals surface area contributed by atoms with Crippen molar-refractivity contribution < 1.29 is 22.4 Å². The topological polar surface area (TPSA) is 59.8 Å². The number of aryl methyl sites for hydroxylation is 1. The number of hydrogen-bond donors (Lipinski definition) is 1. The number of pyridine rings is 1.